The highest BCUT2D eigenvalue weighted by Gasteiger charge is 2.17. The van der Waals surface area contributed by atoms with Crippen LogP contribution in [0.15, 0.2) is 48.7 Å². The lowest BCUT2D eigenvalue weighted by Gasteiger charge is -2.11. The highest BCUT2D eigenvalue weighted by Crippen LogP contribution is 2.30. The Labute approximate surface area is 137 Å². The van der Waals surface area contributed by atoms with Crippen LogP contribution in [0.5, 0.6) is 0 Å². The first kappa shape index (κ1) is 15.8. The summed E-state index contributed by atoms with van der Waals surface area (Å²) in [6.07, 6.45) is 6.13. The Morgan fingerprint density at radius 3 is 2.70 bits per heavy atom. The number of H-pyrrole nitrogens is 1. The number of pyridine rings is 1. The Balaban J connectivity index is 1.89. The fourth-order valence-corrected chi connectivity index (χ4v) is 3.12. The summed E-state index contributed by atoms with van der Waals surface area (Å²) in [5.41, 5.74) is 4.41. The number of aliphatic hydroxyl groups is 1. The molecule has 0 saturated carbocycles. The van der Waals surface area contributed by atoms with Gasteiger partial charge in [-0.15, -0.1) is 0 Å². The fraction of sp³-hybridized carbons (Fsp3) is 0.350. The Hall–Kier alpha value is -2.13. The lowest BCUT2D eigenvalue weighted by atomic mass is 9.99. The Kier molecular flexibility index (Phi) is 5.09. The van der Waals surface area contributed by atoms with E-state index in [1.807, 2.05) is 24.4 Å². The van der Waals surface area contributed by atoms with Crippen LogP contribution in [-0.4, -0.2) is 15.1 Å². The zero-order valence-electron chi connectivity index (χ0n) is 13.6. The molecule has 1 atom stereocenters. The molecule has 0 saturated heterocycles. The number of hydrogen-bond donors (Lipinski definition) is 2. The van der Waals surface area contributed by atoms with E-state index >= 15 is 0 Å². The van der Waals surface area contributed by atoms with Crippen molar-refractivity contribution in [3.05, 3.63) is 65.6 Å². The van der Waals surface area contributed by atoms with Gasteiger partial charge in [0.15, 0.2) is 0 Å². The first-order chi connectivity index (χ1) is 11.3. The molecule has 120 valence electrons. The van der Waals surface area contributed by atoms with Crippen molar-refractivity contribution in [1.82, 2.24) is 9.97 Å². The van der Waals surface area contributed by atoms with Gasteiger partial charge in [0, 0.05) is 28.5 Å². The standard InChI is InChI=1S/C20H24N2O/c1-2-3-11-19(23)20-17(13-12-15-8-6-7-14-21-15)16-9-4-5-10-18(16)22-20/h4-10,14,19,22-23H,2-3,11-13H2,1H3. The van der Waals surface area contributed by atoms with Crippen LogP contribution in [0.25, 0.3) is 10.9 Å². The van der Waals surface area contributed by atoms with Gasteiger partial charge in [-0.3, -0.25) is 4.98 Å². The Bertz CT molecular complexity index is 749. The van der Waals surface area contributed by atoms with Gasteiger partial charge in [0.25, 0.3) is 0 Å². The van der Waals surface area contributed by atoms with Crippen molar-refractivity contribution in [1.29, 1.82) is 0 Å². The van der Waals surface area contributed by atoms with Crippen molar-refractivity contribution in [2.75, 3.05) is 0 Å². The van der Waals surface area contributed by atoms with Crippen LogP contribution < -0.4 is 0 Å². The lowest BCUT2D eigenvalue weighted by molar-refractivity contribution is 0.159. The van der Waals surface area contributed by atoms with Crippen LogP contribution in [-0.2, 0) is 12.8 Å². The van der Waals surface area contributed by atoms with Gasteiger partial charge in [-0.05, 0) is 43.0 Å². The maximum absolute atomic E-state index is 10.6. The molecule has 0 fully saturated rings. The number of fused-ring (bicyclic) bond motifs is 1. The SMILES string of the molecule is CCCCC(O)c1[nH]c2ccccc2c1CCc1ccccn1. The summed E-state index contributed by atoms with van der Waals surface area (Å²) in [5, 5.41) is 11.8. The number of aryl methyl sites for hydroxylation is 2. The molecule has 3 heteroatoms. The summed E-state index contributed by atoms with van der Waals surface area (Å²) in [6, 6.07) is 14.3. The molecule has 0 amide bonds. The monoisotopic (exact) mass is 308 g/mol. The number of unbranched alkanes of at least 4 members (excludes halogenated alkanes) is 1. The third kappa shape index (κ3) is 3.62. The van der Waals surface area contributed by atoms with Gasteiger partial charge in [-0.25, -0.2) is 0 Å². The van der Waals surface area contributed by atoms with E-state index in [4.69, 9.17) is 0 Å². The summed E-state index contributed by atoms with van der Waals surface area (Å²) < 4.78 is 0. The van der Waals surface area contributed by atoms with E-state index in [-0.39, 0.29) is 0 Å². The molecule has 2 heterocycles. The lowest BCUT2D eigenvalue weighted by Crippen LogP contribution is -2.03. The molecule has 0 bridgehead atoms. The molecule has 1 aromatic carbocycles. The van der Waals surface area contributed by atoms with Crippen LogP contribution in [0, 0.1) is 0 Å². The summed E-state index contributed by atoms with van der Waals surface area (Å²) in [6.45, 7) is 2.15. The van der Waals surface area contributed by atoms with Crippen molar-refractivity contribution in [3.8, 4) is 0 Å². The van der Waals surface area contributed by atoms with E-state index in [0.717, 1.165) is 49.0 Å². The molecule has 0 aliphatic heterocycles. The predicted octanol–water partition coefficient (Wildman–Crippen LogP) is 4.57. The second-order valence-corrected chi connectivity index (χ2v) is 6.04. The van der Waals surface area contributed by atoms with Gasteiger partial charge in [0.1, 0.15) is 0 Å². The Morgan fingerprint density at radius 2 is 1.91 bits per heavy atom. The van der Waals surface area contributed by atoms with Crippen LogP contribution >= 0.6 is 0 Å². The molecular weight excluding hydrogens is 284 g/mol. The minimum Gasteiger partial charge on any atom is -0.387 e. The summed E-state index contributed by atoms with van der Waals surface area (Å²) in [7, 11) is 0. The number of aliphatic hydroxyl groups excluding tert-OH is 1. The smallest absolute Gasteiger partial charge is 0.0940 e. The number of nitrogens with zero attached hydrogens (tertiary/aromatic N) is 1. The van der Waals surface area contributed by atoms with Gasteiger partial charge < -0.3 is 10.1 Å². The third-order valence-corrected chi connectivity index (χ3v) is 4.37. The van der Waals surface area contributed by atoms with Crippen molar-refractivity contribution in [3.63, 3.8) is 0 Å². The molecule has 3 nitrogen and oxygen atoms in total. The Morgan fingerprint density at radius 1 is 1.09 bits per heavy atom. The molecule has 3 rings (SSSR count). The number of aromatic amines is 1. The van der Waals surface area contributed by atoms with Crippen molar-refractivity contribution in [2.45, 2.75) is 45.1 Å². The largest absolute Gasteiger partial charge is 0.387 e. The number of benzene rings is 1. The summed E-state index contributed by atoms with van der Waals surface area (Å²) >= 11 is 0. The number of nitrogens with one attached hydrogen (secondary N) is 1. The third-order valence-electron chi connectivity index (χ3n) is 4.37. The zero-order valence-corrected chi connectivity index (χ0v) is 13.6. The first-order valence-electron chi connectivity index (χ1n) is 8.47. The molecule has 23 heavy (non-hydrogen) atoms. The van der Waals surface area contributed by atoms with E-state index in [9.17, 15) is 5.11 Å². The molecule has 1 unspecified atom stereocenters. The zero-order chi connectivity index (χ0) is 16.1. The molecular formula is C20H24N2O. The molecule has 0 radical (unpaired) electrons. The van der Waals surface area contributed by atoms with E-state index < -0.39 is 6.10 Å². The first-order valence-corrected chi connectivity index (χ1v) is 8.47. The van der Waals surface area contributed by atoms with E-state index in [2.05, 4.69) is 41.2 Å². The molecule has 0 aliphatic carbocycles. The highest BCUT2D eigenvalue weighted by molar-refractivity contribution is 5.84. The van der Waals surface area contributed by atoms with Gasteiger partial charge in [0.2, 0.25) is 0 Å². The average Bonchev–Trinajstić information content (AvgIpc) is 2.97. The van der Waals surface area contributed by atoms with Crippen molar-refractivity contribution >= 4 is 10.9 Å². The second kappa shape index (κ2) is 7.42. The second-order valence-electron chi connectivity index (χ2n) is 6.04. The van der Waals surface area contributed by atoms with Crippen LogP contribution in [0.1, 0.15) is 49.2 Å². The van der Waals surface area contributed by atoms with E-state index in [1.54, 1.807) is 0 Å². The molecule has 3 aromatic rings. The summed E-state index contributed by atoms with van der Waals surface area (Å²) in [4.78, 5) is 7.85. The van der Waals surface area contributed by atoms with Gasteiger partial charge in [-0.2, -0.15) is 0 Å². The highest BCUT2D eigenvalue weighted by atomic mass is 16.3. The minimum atomic E-state index is -0.416. The van der Waals surface area contributed by atoms with Gasteiger partial charge in [-0.1, -0.05) is 44.0 Å². The number of hydrogen-bond acceptors (Lipinski definition) is 2. The van der Waals surface area contributed by atoms with Crippen LogP contribution in [0.3, 0.4) is 0 Å². The normalized spacial score (nSPS) is 12.6. The van der Waals surface area contributed by atoms with Gasteiger partial charge >= 0.3 is 0 Å². The molecule has 0 aliphatic rings. The van der Waals surface area contributed by atoms with Gasteiger partial charge in [0.05, 0.1) is 6.10 Å². The predicted molar refractivity (Wildman–Crippen MR) is 94.4 cm³/mol. The minimum absolute atomic E-state index is 0.416. The van der Waals surface area contributed by atoms with Crippen LogP contribution in [0.4, 0.5) is 0 Å². The molecule has 2 N–H and O–H groups in total. The maximum atomic E-state index is 10.6. The topological polar surface area (TPSA) is 48.9 Å². The fourth-order valence-electron chi connectivity index (χ4n) is 3.12. The van der Waals surface area contributed by atoms with E-state index in [0.29, 0.717) is 0 Å². The number of para-hydroxylation sites is 1. The number of rotatable bonds is 7. The molecule has 2 aromatic heterocycles. The summed E-state index contributed by atoms with van der Waals surface area (Å²) in [5.74, 6) is 0. The van der Waals surface area contributed by atoms with Crippen molar-refractivity contribution < 1.29 is 5.11 Å². The molecule has 0 spiro atoms. The van der Waals surface area contributed by atoms with Crippen molar-refractivity contribution in [2.24, 2.45) is 0 Å². The van der Waals surface area contributed by atoms with E-state index in [1.165, 1.54) is 10.9 Å². The quantitative estimate of drug-likeness (QED) is 0.671. The van der Waals surface area contributed by atoms with Crippen LogP contribution in [0.2, 0.25) is 0 Å². The number of aromatic nitrogens is 2. The average molecular weight is 308 g/mol. The maximum Gasteiger partial charge on any atom is 0.0940 e.